The summed E-state index contributed by atoms with van der Waals surface area (Å²) in [6.07, 6.45) is 1.10. The third-order valence-corrected chi connectivity index (χ3v) is 6.67. The Morgan fingerprint density at radius 1 is 1.30 bits per heavy atom. The van der Waals surface area contributed by atoms with Gasteiger partial charge in [-0.05, 0) is 56.5 Å². The molecule has 0 amide bonds. The quantitative estimate of drug-likeness (QED) is 0.635. The zero-order valence-electron chi connectivity index (χ0n) is 16.0. The minimum atomic E-state index is -3.81. The van der Waals surface area contributed by atoms with Crippen molar-refractivity contribution in [2.75, 3.05) is 20.2 Å². The van der Waals surface area contributed by atoms with E-state index in [1.165, 1.54) is 13.2 Å². The fourth-order valence-electron chi connectivity index (χ4n) is 3.28. The first kappa shape index (κ1) is 21.3. The highest BCUT2D eigenvalue weighted by molar-refractivity contribution is 7.89. The molecular weight excluding hydrogens is 372 g/mol. The van der Waals surface area contributed by atoms with Gasteiger partial charge in [-0.3, -0.25) is 9.69 Å². The fourth-order valence-corrected chi connectivity index (χ4v) is 4.88. The van der Waals surface area contributed by atoms with Crippen molar-refractivity contribution in [3.05, 3.63) is 28.8 Å². The second-order valence-electron chi connectivity index (χ2n) is 6.81. The first-order chi connectivity index (χ1) is 12.6. The number of carbonyl (C=O) groups excluding carboxylic acids is 1. The predicted octanol–water partition coefficient (Wildman–Crippen LogP) is 1.31. The van der Waals surface area contributed by atoms with E-state index in [9.17, 15) is 18.0 Å². The topological polar surface area (TPSA) is 113 Å². The third-order valence-electron chi connectivity index (χ3n) is 5.03. The van der Waals surface area contributed by atoms with Gasteiger partial charge in [-0.2, -0.15) is 0 Å². The number of aliphatic carboxylic acids is 1. The van der Waals surface area contributed by atoms with E-state index in [2.05, 4.69) is 9.46 Å². The zero-order chi connectivity index (χ0) is 20.4. The van der Waals surface area contributed by atoms with Crippen molar-refractivity contribution in [3.63, 3.8) is 0 Å². The Morgan fingerprint density at radius 2 is 1.93 bits per heavy atom. The minimum Gasteiger partial charge on any atom is -0.480 e. The molecule has 1 aliphatic rings. The molecule has 0 unspecified atom stereocenters. The maximum Gasteiger partial charge on any atom is 0.337 e. The summed E-state index contributed by atoms with van der Waals surface area (Å²) in [5.41, 5.74) is 1.45. The molecule has 0 spiro atoms. The van der Waals surface area contributed by atoms with Crippen LogP contribution in [0.4, 0.5) is 0 Å². The van der Waals surface area contributed by atoms with E-state index in [0.29, 0.717) is 30.5 Å². The second-order valence-corrected chi connectivity index (χ2v) is 8.49. The molecule has 1 aromatic carbocycles. The first-order valence-corrected chi connectivity index (χ1v) is 10.2. The lowest BCUT2D eigenvalue weighted by Gasteiger charge is -2.42. The molecule has 0 bridgehead atoms. The number of hydrogen-bond donors (Lipinski definition) is 2. The Labute approximate surface area is 159 Å². The van der Waals surface area contributed by atoms with Crippen LogP contribution in [0.5, 0.6) is 0 Å². The van der Waals surface area contributed by atoms with E-state index in [1.807, 2.05) is 11.8 Å². The highest BCUT2D eigenvalue weighted by Crippen LogP contribution is 2.28. The van der Waals surface area contributed by atoms with Crippen molar-refractivity contribution in [3.8, 4) is 0 Å². The summed E-state index contributed by atoms with van der Waals surface area (Å²) in [4.78, 5) is 24.6. The normalized spacial score (nSPS) is 19.6. The molecule has 1 aliphatic carbocycles. The maximum atomic E-state index is 12.8. The molecule has 1 fully saturated rings. The van der Waals surface area contributed by atoms with E-state index >= 15 is 0 Å². The Morgan fingerprint density at radius 3 is 2.44 bits per heavy atom. The number of ether oxygens (including phenoxy) is 1. The van der Waals surface area contributed by atoms with Crippen LogP contribution in [0, 0.1) is 13.8 Å². The van der Waals surface area contributed by atoms with Crippen LogP contribution in [-0.2, 0) is 19.6 Å². The summed E-state index contributed by atoms with van der Waals surface area (Å²) >= 11 is 0. The van der Waals surface area contributed by atoms with Crippen LogP contribution in [0.15, 0.2) is 17.0 Å². The van der Waals surface area contributed by atoms with Gasteiger partial charge in [-0.25, -0.2) is 17.9 Å². The van der Waals surface area contributed by atoms with E-state index in [0.717, 1.165) is 0 Å². The van der Waals surface area contributed by atoms with Crippen LogP contribution < -0.4 is 4.72 Å². The van der Waals surface area contributed by atoms with Crippen molar-refractivity contribution in [1.29, 1.82) is 0 Å². The van der Waals surface area contributed by atoms with Gasteiger partial charge in [-0.15, -0.1) is 0 Å². The smallest absolute Gasteiger partial charge is 0.337 e. The summed E-state index contributed by atoms with van der Waals surface area (Å²) in [6, 6.07) is 2.72. The number of carboxylic acid groups (broad SMARTS) is 1. The maximum absolute atomic E-state index is 12.8. The molecule has 27 heavy (non-hydrogen) atoms. The van der Waals surface area contributed by atoms with Gasteiger partial charge in [0, 0.05) is 12.1 Å². The lowest BCUT2D eigenvalue weighted by atomic mass is 9.86. The molecular formula is C18H26N2O6S. The summed E-state index contributed by atoms with van der Waals surface area (Å²) in [5.74, 6) is -1.49. The van der Waals surface area contributed by atoms with Gasteiger partial charge in [0.2, 0.25) is 10.0 Å². The number of likely N-dealkylation sites (N-methyl/N-ethyl adjacent to an activating group) is 1. The van der Waals surface area contributed by atoms with E-state index in [4.69, 9.17) is 5.11 Å². The third kappa shape index (κ3) is 4.85. The van der Waals surface area contributed by atoms with Gasteiger partial charge in [0.25, 0.3) is 0 Å². The summed E-state index contributed by atoms with van der Waals surface area (Å²) in [7, 11) is -2.56. The molecule has 1 saturated carbocycles. The van der Waals surface area contributed by atoms with E-state index < -0.39 is 22.0 Å². The number of carboxylic acids is 1. The highest BCUT2D eigenvalue weighted by Gasteiger charge is 2.36. The molecule has 8 nitrogen and oxygen atoms in total. The number of benzene rings is 1. The molecule has 0 saturated heterocycles. The molecule has 0 aromatic heterocycles. The van der Waals surface area contributed by atoms with E-state index in [-0.39, 0.29) is 29.1 Å². The van der Waals surface area contributed by atoms with Gasteiger partial charge in [0.1, 0.15) is 0 Å². The average molecular weight is 398 g/mol. The average Bonchev–Trinajstić information content (AvgIpc) is 2.57. The van der Waals surface area contributed by atoms with Crippen molar-refractivity contribution in [1.82, 2.24) is 9.62 Å². The summed E-state index contributed by atoms with van der Waals surface area (Å²) < 4.78 is 33.0. The number of aryl methyl sites for hydroxylation is 1. The number of esters is 1. The zero-order valence-corrected chi connectivity index (χ0v) is 16.8. The molecule has 2 N–H and O–H groups in total. The number of rotatable bonds is 8. The van der Waals surface area contributed by atoms with Crippen molar-refractivity contribution >= 4 is 22.0 Å². The first-order valence-electron chi connectivity index (χ1n) is 8.76. The van der Waals surface area contributed by atoms with Gasteiger partial charge < -0.3 is 9.84 Å². The van der Waals surface area contributed by atoms with Crippen LogP contribution in [0.3, 0.4) is 0 Å². The summed E-state index contributed by atoms with van der Waals surface area (Å²) in [6.45, 7) is 5.85. The number of carbonyl (C=O) groups is 2. The summed E-state index contributed by atoms with van der Waals surface area (Å²) in [5, 5.41) is 8.94. The molecule has 150 valence electrons. The Kier molecular flexibility index (Phi) is 6.61. The van der Waals surface area contributed by atoms with Gasteiger partial charge >= 0.3 is 11.9 Å². The van der Waals surface area contributed by atoms with Gasteiger partial charge in [0.15, 0.2) is 0 Å². The number of nitrogens with zero attached hydrogens (tertiary/aromatic N) is 1. The SMILES string of the molecule is CCN(CC(=O)O)C1CC(NS(=O)(=O)c2cc(C(=O)OC)cc(C)c2C)C1. The van der Waals surface area contributed by atoms with Crippen molar-refractivity contribution in [2.24, 2.45) is 0 Å². The Hall–Kier alpha value is -1.97. The predicted molar refractivity (Wildman–Crippen MR) is 99.3 cm³/mol. The largest absolute Gasteiger partial charge is 0.480 e. The Bertz CT molecular complexity index is 830. The molecule has 0 radical (unpaired) electrons. The highest BCUT2D eigenvalue weighted by atomic mass is 32.2. The van der Waals surface area contributed by atoms with E-state index in [1.54, 1.807) is 19.9 Å². The van der Waals surface area contributed by atoms with Crippen LogP contribution >= 0.6 is 0 Å². The number of sulfonamides is 1. The molecule has 0 atom stereocenters. The lowest BCUT2D eigenvalue weighted by Crippen LogP contribution is -2.54. The molecule has 1 aromatic rings. The Balaban J connectivity index is 2.13. The standard InChI is InChI=1S/C18H26N2O6S/c1-5-20(10-17(21)22)15-8-14(9-15)19-27(24,25)16-7-13(18(23)26-4)6-11(2)12(16)3/h6-7,14-15,19H,5,8-10H2,1-4H3,(H,21,22). The molecule has 9 heteroatoms. The fraction of sp³-hybridized carbons (Fsp3) is 0.556. The van der Waals surface area contributed by atoms with Crippen LogP contribution in [0.25, 0.3) is 0 Å². The monoisotopic (exact) mass is 398 g/mol. The molecule has 0 aliphatic heterocycles. The second kappa shape index (κ2) is 8.37. The van der Waals surface area contributed by atoms with Crippen LogP contribution in [0.2, 0.25) is 0 Å². The van der Waals surface area contributed by atoms with Crippen LogP contribution in [0.1, 0.15) is 41.3 Å². The number of hydrogen-bond acceptors (Lipinski definition) is 6. The lowest BCUT2D eigenvalue weighted by molar-refractivity contribution is -0.139. The molecule has 0 heterocycles. The van der Waals surface area contributed by atoms with Gasteiger partial charge in [0.05, 0.1) is 24.1 Å². The minimum absolute atomic E-state index is 0.0445. The van der Waals surface area contributed by atoms with Crippen molar-refractivity contribution in [2.45, 2.75) is 50.6 Å². The number of methoxy groups -OCH3 is 1. The van der Waals surface area contributed by atoms with Crippen molar-refractivity contribution < 1.29 is 27.9 Å². The molecule has 2 rings (SSSR count). The van der Waals surface area contributed by atoms with Crippen LogP contribution in [-0.4, -0.2) is 62.6 Å². The number of nitrogens with one attached hydrogen (secondary N) is 1. The van der Waals surface area contributed by atoms with Gasteiger partial charge in [-0.1, -0.05) is 6.92 Å².